The quantitative estimate of drug-likeness (QED) is 0.914. The fourth-order valence-electron chi connectivity index (χ4n) is 2.74. The Balaban J connectivity index is 1.77. The summed E-state index contributed by atoms with van der Waals surface area (Å²) in [5, 5.41) is 9.02. The number of carbonyl (C=O) groups excluding carboxylic acids is 1. The molecule has 1 atom stereocenters. The molecule has 0 radical (unpaired) electrons. The molecule has 2 heterocycles. The zero-order valence-electron chi connectivity index (χ0n) is 13.7. The Hall–Kier alpha value is -2.93. The van der Waals surface area contributed by atoms with Crippen LogP contribution in [0.5, 0.6) is 5.75 Å². The minimum Gasteiger partial charge on any atom is -0.497 e. The molecule has 0 saturated carbocycles. The van der Waals surface area contributed by atoms with E-state index in [0.29, 0.717) is 25.3 Å². The molecule has 1 N–H and O–H groups in total. The first kappa shape index (κ1) is 16.9. The molecule has 1 aromatic heterocycles. The predicted octanol–water partition coefficient (Wildman–Crippen LogP) is 2.00. The molecule has 1 saturated heterocycles. The third kappa shape index (κ3) is 3.77. The van der Waals surface area contributed by atoms with Crippen LogP contribution in [0.4, 0.5) is 0 Å². The molecule has 0 bridgehead atoms. The first-order valence-corrected chi connectivity index (χ1v) is 7.82. The van der Waals surface area contributed by atoms with E-state index >= 15 is 0 Å². The average molecular weight is 342 g/mol. The van der Waals surface area contributed by atoms with Gasteiger partial charge >= 0.3 is 5.97 Å². The van der Waals surface area contributed by atoms with Gasteiger partial charge in [-0.2, -0.15) is 0 Å². The molecular weight excluding hydrogens is 324 g/mol. The van der Waals surface area contributed by atoms with E-state index in [1.807, 2.05) is 24.3 Å². The number of morpholine rings is 1. The number of benzene rings is 1. The Labute approximate surface area is 144 Å². The summed E-state index contributed by atoms with van der Waals surface area (Å²) in [6.45, 7) is 1.24. The molecule has 1 amide bonds. The molecule has 25 heavy (non-hydrogen) atoms. The van der Waals surface area contributed by atoms with Crippen molar-refractivity contribution < 1.29 is 24.2 Å². The van der Waals surface area contributed by atoms with Gasteiger partial charge < -0.3 is 19.5 Å². The number of pyridine rings is 1. The second-order valence-corrected chi connectivity index (χ2v) is 5.62. The van der Waals surface area contributed by atoms with E-state index < -0.39 is 5.97 Å². The number of carboxylic acid groups (broad SMARTS) is 1. The third-order valence-electron chi connectivity index (χ3n) is 4.05. The summed E-state index contributed by atoms with van der Waals surface area (Å²) in [4.78, 5) is 29.1. The summed E-state index contributed by atoms with van der Waals surface area (Å²) in [7, 11) is 1.60. The van der Waals surface area contributed by atoms with Crippen LogP contribution in [0.25, 0.3) is 0 Å². The van der Waals surface area contributed by atoms with E-state index in [0.717, 1.165) is 11.3 Å². The molecule has 7 heteroatoms. The Bertz CT molecular complexity index is 793. The standard InChI is InChI=1S/C18H18N2O5/c1-24-14-4-2-3-12(9-14)16-11-20(7-8-25-16)17(21)13-5-6-19-15(10-13)18(22)23/h2-6,9-10,16H,7-8,11H2,1H3,(H,22,23). The second kappa shape index (κ2) is 7.31. The molecule has 1 aromatic carbocycles. The number of aromatic carboxylic acids is 1. The number of ether oxygens (including phenoxy) is 2. The van der Waals surface area contributed by atoms with Gasteiger partial charge in [-0.25, -0.2) is 9.78 Å². The molecule has 7 nitrogen and oxygen atoms in total. The topological polar surface area (TPSA) is 89.0 Å². The number of aromatic nitrogens is 1. The first-order chi connectivity index (χ1) is 12.1. The van der Waals surface area contributed by atoms with Crippen molar-refractivity contribution in [2.45, 2.75) is 6.10 Å². The van der Waals surface area contributed by atoms with Gasteiger partial charge in [-0.1, -0.05) is 12.1 Å². The molecule has 2 aromatic rings. The van der Waals surface area contributed by atoms with Crippen molar-refractivity contribution in [1.29, 1.82) is 0 Å². The molecule has 0 spiro atoms. The van der Waals surface area contributed by atoms with Crippen LogP contribution in [0.3, 0.4) is 0 Å². The van der Waals surface area contributed by atoms with E-state index in [9.17, 15) is 9.59 Å². The van der Waals surface area contributed by atoms with E-state index in [4.69, 9.17) is 14.6 Å². The van der Waals surface area contributed by atoms with Crippen molar-refractivity contribution in [2.75, 3.05) is 26.8 Å². The lowest BCUT2D eigenvalue weighted by Gasteiger charge is -2.33. The highest BCUT2D eigenvalue weighted by Gasteiger charge is 2.27. The number of methoxy groups -OCH3 is 1. The lowest BCUT2D eigenvalue weighted by molar-refractivity contribution is -0.0228. The van der Waals surface area contributed by atoms with Crippen molar-refractivity contribution in [2.24, 2.45) is 0 Å². The van der Waals surface area contributed by atoms with Crippen LogP contribution < -0.4 is 4.74 Å². The average Bonchev–Trinajstić information content (AvgIpc) is 2.67. The zero-order valence-corrected chi connectivity index (χ0v) is 13.7. The highest BCUT2D eigenvalue weighted by molar-refractivity contribution is 5.96. The number of rotatable bonds is 4. The molecule has 0 aliphatic carbocycles. The minimum atomic E-state index is -1.16. The van der Waals surface area contributed by atoms with Crippen LogP contribution in [-0.4, -0.2) is 53.7 Å². The Morgan fingerprint density at radius 1 is 1.32 bits per heavy atom. The van der Waals surface area contributed by atoms with Gasteiger partial charge in [0.05, 0.1) is 20.3 Å². The van der Waals surface area contributed by atoms with Gasteiger partial charge in [0, 0.05) is 18.3 Å². The van der Waals surface area contributed by atoms with Crippen LogP contribution in [0.1, 0.15) is 32.5 Å². The van der Waals surface area contributed by atoms with Gasteiger partial charge in [0.1, 0.15) is 17.5 Å². The maximum atomic E-state index is 12.7. The lowest BCUT2D eigenvalue weighted by atomic mass is 10.1. The predicted molar refractivity (Wildman–Crippen MR) is 88.8 cm³/mol. The number of nitrogens with zero attached hydrogens (tertiary/aromatic N) is 2. The smallest absolute Gasteiger partial charge is 0.354 e. The second-order valence-electron chi connectivity index (χ2n) is 5.62. The maximum absolute atomic E-state index is 12.7. The summed E-state index contributed by atoms with van der Waals surface area (Å²) >= 11 is 0. The third-order valence-corrected chi connectivity index (χ3v) is 4.05. The zero-order chi connectivity index (χ0) is 17.8. The Morgan fingerprint density at radius 2 is 2.16 bits per heavy atom. The number of carboxylic acids is 1. The molecular formula is C18H18N2O5. The largest absolute Gasteiger partial charge is 0.497 e. The molecule has 1 fully saturated rings. The maximum Gasteiger partial charge on any atom is 0.354 e. The molecule has 3 rings (SSSR count). The number of hydrogen-bond acceptors (Lipinski definition) is 5. The van der Waals surface area contributed by atoms with Gasteiger partial charge in [-0.3, -0.25) is 4.79 Å². The van der Waals surface area contributed by atoms with Gasteiger partial charge in [0.25, 0.3) is 5.91 Å². The molecule has 130 valence electrons. The summed E-state index contributed by atoms with van der Waals surface area (Å²) < 4.78 is 11.0. The fraction of sp³-hybridized carbons (Fsp3) is 0.278. The molecule has 1 aliphatic heterocycles. The Morgan fingerprint density at radius 3 is 2.92 bits per heavy atom. The highest BCUT2D eigenvalue weighted by Crippen LogP contribution is 2.26. The van der Waals surface area contributed by atoms with E-state index in [1.54, 1.807) is 12.0 Å². The summed E-state index contributed by atoms with van der Waals surface area (Å²) in [6.07, 6.45) is 1.07. The number of amides is 1. The molecule has 1 aliphatic rings. The summed E-state index contributed by atoms with van der Waals surface area (Å²) in [5.41, 5.74) is 1.08. The Kier molecular flexibility index (Phi) is 4.95. The fourth-order valence-corrected chi connectivity index (χ4v) is 2.74. The minimum absolute atomic E-state index is 0.150. The SMILES string of the molecule is COc1cccc(C2CN(C(=O)c3ccnc(C(=O)O)c3)CCO2)c1. The van der Waals surface area contributed by atoms with Crippen LogP contribution in [0.2, 0.25) is 0 Å². The van der Waals surface area contributed by atoms with Crippen LogP contribution in [0.15, 0.2) is 42.6 Å². The number of carbonyl (C=O) groups is 2. The van der Waals surface area contributed by atoms with Gasteiger partial charge in [0.2, 0.25) is 0 Å². The molecule has 1 unspecified atom stereocenters. The van der Waals surface area contributed by atoms with Crippen molar-refractivity contribution in [3.8, 4) is 5.75 Å². The normalized spacial score (nSPS) is 17.2. The van der Waals surface area contributed by atoms with Crippen molar-refractivity contribution in [3.63, 3.8) is 0 Å². The van der Waals surface area contributed by atoms with E-state index in [1.165, 1.54) is 18.3 Å². The van der Waals surface area contributed by atoms with Crippen LogP contribution in [0, 0.1) is 0 Å². The van der Waals surface area contributed by atoms with Gasteiger partial charge in [-0.15, -0.1) is 0 Å². The monoisotopic (exact) mass is 342 g/mol. The van der Waals surface area contributed by atoms with Gasteiger partial charge in [0.15, 0.2) is 0 Å². The van der Waals surface area contributed by atoms with E-state index in [-0.39, 0.29) is 17.7 Å². The summed E-state index contributed by atoms with van der Waals surface area (Å²) in [6, 6.07) is 10.3. The van der Waals surface area contributed by atoms with Gasteiger partial charge in [-0.05, 0) is 29.8 Å². The first-order valence-electron chi connectivity index (χ1n) is 7.82. The van der Waals surface area contributed by atoms with E-state index in [2.05, 4.69) is 4.98 Å². The summed E-state index contributed by atoms with van der Waals surface area (Å²) in [5.74, 6) is -0.670. The number of hydrogen-bond donors (Lipinski definition) is 1. The van der Waals surface area contributed by atoms with Crippen LogP contribution >= 0.6 is 0 Å². The van der Waals surface area contributed by atoms with Crippen molar-refractivity contribution in [1.82, 2.24) is 9.88 Å². The van der Waals surface area contributed by atoms with Crippen LogP contribution in [-0.2, 0) is 4.74 Å². The van der Waals surface area contributed by atoms with Crippen molar-refractivity contribution in [3.05, 3.63) is 59.4 Å². The highest BCUT2D eigenvalue weighted by atomic mass is 16.5. The van der Waals surface area contributed by atoms with Crippen molar-refractivity contribution >= 4 is 11.9 Å². The lowest BCUT2D eigenvalue weighted by Crippen LogP contribution is -2.42.